The monoisotopic (exact) mass is 248 g/mol. The Bertz CT molecular complexity index is 437. The molecule has 0 aliphatic rings. The van der Waals surface area contributed by atoms with Gasteiger partial charge in [0.25, 0.3) is 0 Å². The maximum Gasteiger partial charge on any atom is 0.123 e. The first-order valence-corrected chi connectivity index (χ1v) is 5.02. The summed E-state index contributed by atoms with van der Waals surface area (Å²) in [5.74, 6) is 0.545. The lowest BCUT2D eigenvalue weighted by Crippen LogP contribution is -1.88. The summed E-state index contributed by atoms with van der Waals surface area (Å²) in [6, 6.07) is 11.8. The summed E-state index contributed by atoms with van der Waals surface area (Å²) in [7, 11) is 0. The van der Waals surface area contributed by atoms with Crippen molar-refractivity contribution in [2.24, 2.45) is 0 Å². The minimum absolute atomic E-state index is 0.545. The first-order chi connectivity index (χ1) is 6.75. The Hall–Kier alpha value is -1.35. The first kappa shape index (κ1) is 9.21. The molecule has 2 N–H and O–H groups in total. The molecule has 0 spiro atoms. The molecule has 1 heterocycles. The van der Waals surface area contributed by atoms with Crippen molar-refractivity contribution in [1.82, 2.24) is 4.98 Å². The van der Waals surface area contributed by atoms with Crippen molar-refractivity contribution in [2.75, 3.05) is 5.73 Å². The fourth-order valence-electron chi connectivity index (χ4n) is 1.24. The summed E-state index contributed by atoms with van der Waals surface area (Å²) in [5.41, 5.74) is 7.72. The molecule has 1 aromatic heterocycles. The van der Waals surface area contributed by atoms with Crippen LogP contribution in [0.5, 0.6) is 0 Å². The molecular weight excluding hydrogens is 240 g/mol. The fraction of sp³-hybridized carbons (Fsp3) is 0. The van der Waals surface area contributed by atoms with E-state index in [2.05, 4.69) is 20.9 Å². The first-order valence-electron chi connectivity index (χ1n) is 4.23. The normalized spacial score (nSPS) is 10.1. The number of nitrogens with zero attached hydrogens (tertiary/aromatic N) is 1. The molecule has 70 valence electrons. The topological polar surface area (TPSA) is 38.9 Å². The van der Waals surface area contributed by atoms with E-state index >= 15 is 0 Å². The highest BCUT2D eigenvalue weighted by atomic mass is 79.9. The molecule has 3 heteroatoms. The van der Waals surface area contributed by atoms with Crippen LogP contribution in [0.3, 0.4) is 0 Å². The maximum absolute atomic E-state index is 5.51. The molecule has 0 aliphatic heterocycles. The van der Waals surface area contributed by atoms with Gasteiger partial charge in [0.05, 0.1) is 0 Å². The van der Waals surface area contributed by atoms with E-state index in [1.807, 2.05) is 30.3 Å². The third-order valence-corrected chi connectivity index (χ3v) is 2.44. The Morgan fingerprint density at radius 3 is 2.57 bits per heavy atom. The highest BCUT2D eigenvalue weighted by Crippen LogP contribution is 2.22. The van der Waals surface area contributed by atoms with Crippen LogP contribution in [0.4, 0.5) is 5.82 Å². The van der Waals surface area contributed by atoms with E-state index in [0.29, 0.717) is 5.82 Å². The second-order valence-corrected chi connectivity index (χ2v) is 3.90. The van der Waals surface area contributed by atoms with E-state index in [4.69, 9.17) is 5.73 Å². The van der Waals surface area contributed by atoms with Gasteiger partial charge in [-0.05, 0) is 29.8 Å². The molecule has 0 aliphatic carbocycles. The average Bonchev–Trinajstić information content (AvgIpc) is 2.19. The van der Waals surface area contributed by atoms with Crippen LogP contribution < -0.4 is 5.73 Å². The molecule has 0 bridgehead atoms. The number of rotatable bonds is 1. The standard InChI is InChI=1S/C11H9BrN2/c12-10-3-1-2-8(6-10)9-4-5-11(13)14-7-9/h1-7H,(H2,13,14). The Balaban J connectivity index is 2.44. The lowest BCUT2D eigenvalue weighted by atomic mass is 10.1. The summed E-state index contributed by atoms with van der Waals surface area (Å²) >= 11 is 3.43. The van der Waals surface area contributed by atoms with Crippen LogP contribution in [0.2, 0.25) is 0 Å². The van der Waals surface area contributed by atoms with E-state index in [-0.39, 0.29) is 0 Å². The summed E-state index contributed by atoms with van der Waals surface area (Å²) in [6.07, 6.45) is 1.77. The number of nitrogen functional groups attached to an aromatic ring is 1. The van der Waals surface area contributed by atoms with Gasteiger partial charge in [-0.15, -0.1) is 0 Å². The number of nitrogens with two attached hydrogens (primary N) is 1. The van der Waals surface area contributed by atoms with Crippen LogP contribution in [-0.4, -0.2) is 4.98 Å². The molecule has 0 saturated heterocycles. The van der Waals surface area contributed by atoms with Gasteiger partial charge in [-0.25, -0.2) is 4.98 Å². The van der Waals surface area contributed by atoms with Crippen molar-refractivity contribution in [2.45, 2.75) is 0 Å². The van der Waals surface area contributed by atoms with Crippen molar-refractivity contribution in [1.29, 1.82) is 0 Å². The number of hydrogen-bond donors (Lipinski definition) is 1. The number of aromatic nitrogens is 1. The number of hydrogen-bond acceptors (Lipinski definition) is 2. The van der Waals surface area contributed by atoms with Gasteiger partial charge < -0.3 is 5.73 Å². The van der Waals surface area contributed by atoms with E-state index in [1.54, 1.807) is 12.3 Å². The minimum Gasteiger partial charge on any atom is -0.384 e. The number of anilines is 1. The SMILES string of the molecule is Nc1ccc(-c2cccc(Br)c2)cn1. The third-order valence-electron chi connectivity index (χ3n) is 1.94. The molecule has 2 aromatic rings. The zero-order chi connectivity index (χ0) is 9.97. The van der Waals surface area contributed by atoms with Gasteiger partial charge in [0, 0.05) is 16.2 Å². The van der Waals surface area contributed by atoms with Gasteiger partial charge in [-0.3, -0.25) is 0 Å². The number of halogens is 1. The summed E-state index contributed by atoms with van der Waals surface area (Å²) in [6.45, 7) is 0. The van der Waals surface area contributed by atoms with Crippen LogP contribution >= 0.6 is 15.9 Å². The smallest absolute Gasteiger partial charge is 0.123 e. The Morgan fingerprint density at radius 1 is 1.07 bits per heavy atom. The van der Waals surface area contributed by atoms with Gasteiger partial charge in [0.2, 0.25) is 0 Å². The van der Waals surface area contributed by atoms with Crippen molar-refractivity contribution in [3.05, 3.63) is 47.1 Å². The van der Waals surface area contributed by atoms with Crippen LogP contribution in [0.15, 0.2) is 47.1 Å². The molecule has 2 rings (SSSR count). The van der Waals surface area contributed by atoms with Gasteiger partial charge in [-0.1, -0.05) is 28.1 Å². The molecule has 0 saturated carbocycles. The predicted molar refractivity (Wildman–Crippen MR) is 61.8 cm³/mol. The number of pyridine rings is 1. The van der Waals surface area contributed by atoms with E-state index in [0.717, 1.165) is 15.6 Å². The third kappa shape index (κ3) is 1.93. The molecule has 0 atom stereocenters. The largest absolute Gasteiger partial charge is 0.384 e. The van der Waals surface area contributed by atoms with Gasteiger partial charge >= 0.3 is 0 Å². The van der Waals surface area contributed by atoms with E-state index in [1.165, 1.54) is 0 Å². The van der Waals surface area contributed by atoms with Crippen LogP contribution in [0.25, 0.3) is 11.1 Å². The summed E-state index contributed by atoms with van der Waals surface area (Å²) in [5, 5.41) is 0. The molecule has 0 fully saturated rings. The lowest BCUT2D eigenvalue weighted by Gasteiger charge is -2.01. The van der Waals surface area contributed by atoms with Gasteiger partial charge in [0.1, 0.15) is 5.82 Å². The minimum atomic E-state index is 0.545. The van der Waals surface area contributed by atoms with Crippen molar-refractivity contribution in [3.8, 4) is 11.1 Å². The van der Waals surface area contributed by atoms with Crippen LogP contribution in [0, 0.1) is 0 Å². The van der Waals surface area contributed by atoms with Gasteiger partial charge in [-0.2, -0.15) is 0 Å². The van der Waals surface area contributed by atoms with Gasteiger partial charge in [0.15, 0.2) is 0 Å². The van der Waals surface area contributed by atoms with E-state index < -0.39 is 0 Å². The van der Waals surface area contributed by atoms with Crippen molar-refractivity contribution in [3.63, 3.8) is 0 Å². The molecule has 0 unspecified atom stereocenters. The lowest BCUT2D eigenvalue weighted by molar-refractivity contribution is 1.34. The fourth-order valence-corrected chi connectivity index (χ4v) is 1.64. The zero-order valence-electron chi connectivity index (χ0n) is 7.44. The summed E-state index contributed by atoms with van der Waals surface area (Å²) in [4.78, 5) is 4.05. The Kier molecular flexibility index (Phi) is 2.50. The molecular formula is C11H9BrN2. The highest BCUT2D eigenvalue weighted by molar-refractivity contribution is 9.10. The highest BCUT2D eigenvalue weighted by Gasteiger charge is 1.97. The Morgan fingerprint density at radius 2 is 1.93 bits per heavy atom. The molecule has 0 radical (unpaired) electrons. The van der Waals surface area contributed by atoms with Crippen LogP contribution in [0.1, 0.15) is 0 Å². The summed E-state index contributed by atoms with van der Waals surface area (Å²) < 4.78 is 1.06. The van der Waals surface area contributed by atoms with E-state index in [9.17, 15) is 0 Å². The van der Waals surface area contributed by atoms with Crippen LogP contribution in [-0.2, 0) is 0 Å². The predicted octanol–water partition coefficient (Wildman–Crippen LogP) is 3.09. The molecule has 2 nitrogen and oxygen atoms in total. The maximum atomic E-state index is 5.51. The number of benzene rings is 1. The second kappa shape index (κ2) is 3.80. The Labute approximate surface area is 90.9 Å². The zero-order valence-corrected chi connectivity index (χ0v) is 9.03. The molecule has 1 aromatic carbocycles. The second-order valence-electron chi connectivity index (χ2n) is 2.98. The molecule has 14 heavy (non-hydrogen) atoms. The quantitative estimate of drug-likeness (QED) is 0.843. The van der Waals surface area contributed by atoms with Crippen molar-refractivity contribution >= 4 is 21.7 Å². The van der Waals surface area contributed by atoms with Crippen molar-refractivity contribution < 1.29 is 0 Å². The average molecular weight is 249 g/mol. The molecule has 0 amide bonds.